The number of benzene rings is 2. The number of hydrogen-bond donors (Lipinski definition) is 0. The second kappa shape index (κ2) is 7.04. The number of fused-ring (bicyclic) bond motifs is 4. The summed E-state index contributed by atoms with van der Waals surface area (Å²) in [4.78, 5) is 0. The molecule has 1 saturated heterocycles. The maximum absolute atomic E-state index is 6.73. The quantitative estimate of drug-likeness (QED) is 0.581. The van der Waals surface area contributed by atoms with Crippen LogP contribution in [-0.2, 0) is 4.74 Å². The minimum atomic E-state index is -0.602. The number of methoxy groups -OCH3 is 1. The van der Waals surface area contributed by atoms with Gasteiger partial charge in [-0.1, -0.05) is 41.4 Å². The smallest absolute Gasteiger partial charge is 0.203 e. The maximum atomic E-state index is 6.73. The molecular formula is C23H24Cl2N2O3. The lowest BCUT2D eigenvalue weighted by atomic mass is 9.86. The number of halogens is 2. The number of nitrogens with zero attached hydrogens (tertiary/aromatic N) is 2. The van der Waals surface area contributed by atoms with Crippen LogP contribution in [0.5, 0.6) is 11.5 Å². The van der Waals surface area contributed by atoms with Crippen molar-refractivity contribution in [3.05, 3.63) is 57.6 Å². The van der Waals surface area contributed by atoms with Crippen molar-refractivity contribution in [1.82, 2.24) is 5.01 Å². The molecular weight excluding hydrogens is 423 g/mol. The van der Waals surface area contributed by atoms with Crippen molar-refractivity contribution in [3.8, 4) is 11.5 Å². The third-order valence-corrected chi connectivity index (χ3v) is 6.69. The number of hydrazone groups is 1. The van der Waals surface area contributed by atoms with Gasteiger partial charge in [0.1, 0.15) is 0 Å². The summed E-state index contributed by atoms with van der Waals surface area (Å²) in [6.07, 6.45) is 2.14. The summed E-state index contributed by atoms with van der Waals surface area (Å²) in [6, 6.07) is 11.6. The van der Waals surface area contributed by atoms with E-state index in [1.54, 1.807) is 13.2 Å². The lowest BCUT2D eigenvalue weighted by molar-refractivity contribution is -0.212. The average Bonchev–Trinajstić information content (AvgIpc) is 3.13. The largest absolute Gasteiger partial charge is 0.493 e. The summed E-state index contributed by atoms with van der Waals surface area (Å²) in [7, 11) is 1.68. The van der Waals surface area contributed by atoms with Crippen molar-refractivity contribution in [1.29, 1.82) is 0 Å². The van der Waals surface area contributed by atoms with Gasteiger partial charge < -0.3 is 14.2 Å². The van der Waals surface area contributed by atoms with Crippen molar-refractivity contribution >= 4 is 28.9 Å². The molecule has 5 nitrogen and oxygen atoms in total. The molecule has 2 atom stereocenters. The number of ether oxygens (including phenoxy) is 3. The van der Waals surface area contributed by atoms with Crippen LogP contribution in [-0.4, -0.2) is 35.8 Å². The normalized spacial score (nSPS) is 26.6. The van der Waals surface area contributed by atoms with E-state index < -0.39 is 5.72 Å². The summed E-state index contributed by atoms with van der Waals surface area (Å²) in [5.41, 5.74) is 1.99. The lowest BCUT2D eigenvalue weighted by Gasteiger charge is -2.52. The summed E-state index contributed by atoms with van der Waals surface area (Å²) >= 11 is 12.6. The Morgan fingerprint density at radius 3 is 2.77 bits per heavy atom. The predicted molar refractivity (Wildman–Crippen MR) is 118 cm³/mol. The molecule has 158 valence electrons. The molecule has 3 aliphatic rings. The standard InChI is InChI=1S/C23H24Cl2N2O3/c1-22(2)13-23(9-10-29-22)27-19(16-5-4-6-20(28-3)21(16)30-23)12-18(26-27)15-8-7-14(24)11-17(15)25/h4-8,11,19H,9-10,12-13H2,1-3H3/t19-,23-/m1/s1. The highest BCUT2D eigenvalue weighted by Gasteiger charge is 2.55. The molecule has 2 aromatic rings. The first kappa shape index (κ1) is 20.0. The van der Waals surface area contributed by atoms with Gasteiger partial charge in [-0.15, -0.1) is 0 Å². The molecule has 3 aliphatic heterocycles. The Morgan fingerprint density at radius 2 is 2.03 bits per heavy atom. The Morgan fingerprint density at radius 1 is 1.20 bits per heavy atom. The minimum Gasteiger partial charge on any atom is -0.493 e. The fraction of sp³-hybridized carbons (Fsp3) is 0.435. The van der Waals surface area contributed by atoms with E-state index >= 15 is 0 Å². The van der Waals surface area contributed by atoms with Crippen LogP contribution in [0, 0.1) is 0 Å². The molecule has 30 heavy (non-hydrogen) atoms. The molecule has 1 spiro atoms. The second-order valence-corrected chi connectivity index (χ2v) is 9.54. The van der Waals surface area contributed by atoms with Crippen molar-refractivity contribution in [2.24, 2.45) is 5.10 Å². The summed E-state index contributed by atoms with van der Waals surface area (Å²) in [5, 5.41) is 8.42. The SMILES string of the molecule is COc1cccc2c1O[C@@]1(CCOC(C)(C)C1)N1N=C(c3ccc(Cl)cc3Cl)C[C@H]21. The maximum Gasteiger partial charge on any atom is 0.203 e. The molecule has 0 N–H and O–H groups in total. The van der Waals surface area contributed by atoms with Gasteiger partial charge in [0.25, 0.3) is 0 Å². The predicted octanol–water partition coefficient (Wildman–Crippen LogP) is 5.83. The fourth-order valence-corrected chi connectivity index (χ4v) is 5.41. The van der Waals surface area contributed by atoms with E-state index in [9.17, 15) is 0 Å². The molecule has 7 heteroatoms. The van der Waals surface area contributed by atoms with Gasteiger partial charge >= 0.3 is 0 Å². The van der Waals surface area contributed by atoms with E-state index in [1.807, 2.05) is 24.3 Å². The topological polar surface area (TPSA) is 43.3 Å². The monoisotopic (exact) mass is 446 g/mol. The van der Waals surface area contributed by atoms with E-state index in [2.05, 4.69) is 24.9 Å². The molecule has 0 bridgehead atoms. The molecule has 0 unspecified atom stereocenters. The zero-order valence-electron chi connectivity index (χ0n) is 17.2. The number of hydrogen-bond acceptors (Lipinski definition) is 5. The zero-order valence-corrected chi connectivity index (χ0v) is 18.8. The van der Waals surface area contributed by atoms with Crippen LogP contribution in [0.2, 0.25) is 10.0 Å². The van der Waals surface area contributed by atoms with Crippen molar-refractivity contribution in [3.63, 3.8) is 0 Å². The van der Waals surface area contributed by atoms with Crippen LogP contribution in [0.1, 0.15) is 50.3 Å². The van der Waals surface area contributed by atoms with Crippen molar-refractivity contribution < 1.29 is 14.2 Å². The molecule has 0 amide bonds. The van der Waals surface area contributed by atoms with Gasteiger partial charge in [-0.3, -0.25) is 0 Å². The first-order chi connectivity index (χ1) is 14.3. The third kappa shape index (κ3) is 3.15. The second-order valence-electron chi connectivity index (χ2n) is 8.70. The Hall–Kier alpha value is -1.95. The Bertz CT molecular complexity index is 1040. The van der Waals surface area contributed by atoms with E-state index in [4.69, 9.17) is 42.5 Å². The van der Waals surface area contributed by atoms with E-state index in [1.165, 1.54) is 0 Å². The van der Waals surface area contributed by atoms with Crippen LogP contribution in [0.4, 0.5) is 0 Å². The molecule has 0 aromatic heterocycles. The number of rotatable bonds is 2. The third-order valence-electron chi connectivity index (χ3n) is 6.14. The lowest BCUT2D eigenvalue weighted by Crippen LogP contribution is -2.60. The average molecular weight is 447 g/mol. The molecule has 0 saturated carbocycles. The van der Waals surface area contributed by atoms with Gasteiger partial charge in [-0.25, -0.2) is 5.01 Å². The van der Waals surface area contributed by atoms with Gasteiger partial charge in [0.15, 0.2) is 11.5 Å². The Labute approximate surface area is 186 Å². The summed E-state index contributed by atoms with van der Waals surface area (Å²) in [6.45, 7) is 4.80. The van der Waals surface area contributed by atoms with Gasteiger partial charge in [0, 0.05) is 35.4 Å². The van der Waals surface area contributed by atoms with Crippen LogP contribution < -0.4 is 9.47 Å². The molecule has 0 radical (unpaired) electrons. The highest BCUT2D eigenvalue weighted by molar-refractivity contribution is 6.37. The number of para-hydroxylation sites is 1. The fourth-order valence-electron chi connectivity index (χ4n) is 4.89. The Balaban J connectivity index is 1.64. The van der Waals surface area contributed by atoms with Crippen LogP contribution >= 0.6 is 23.2 Å². The molecule has 2 aromatic carbocycles. The van der Waals surface area contributed by atoms with Gasteiger partial charge in [-0.2, -0.15) is 5.10 Å². The van der Waals surface area contributed by atoms with Gasteiger partial charge in [0.05, 0.1) is 36.1 Å². The van der Waals surface area contributed by atoms with Gasteiger partial charge in [-0.05, 0) is 32.0 Å². The first-order valence-corrected chi connectivity index (χ1v) is 10.9. The molecule has 0 aliphatic carbocycles. The Kier molecular flexibility index (Phi) is 4.69. The van der Waals surface area contributed by atoms with Gasteiger partial charge in [0.2, 0.25) is 5.72 Å². The van der Waals surface area contributed by atoms with Crippen LogP contribution in [0.3, 0.4) is 0 Å². The highest BCUT2D eigenvalue weighted by Crippen LogP contribution is 2.54. The molecule has 5 rings (SSSR count). The van der Waals surface area contributed by atoms with Crippen molar-refractivity contribution in [2.75, 3.05) is 13.7 Å². The van der Waals surface area contributed by atoms with Crippen molar-refractivity contribution in [2.45, 2.75) is 50.5 Å². The first-order valence-electron chi connectivity index (χ1n) is 10.1. The van der Waals surface area contributed by atoms with E-state index in [-0.39, 0.29) is 11.6 Å². The minimum absolute atomic E-state index is 0.0412. The molecule has 1 fully saturated rings. The zero-order chi connectivity index (χ0) is 21.1. The van der Waals surface area contributed by atoms with Crippen LogP contribution in [0.25, 0.3) is 0 Å². The van der Waals surface area contributed by atoms with Crippen LogP contribution in [0.15, 0.2) is 41.5 Å². The van der Waals surface area contributed by atoms with E-state index in [0.29, 0.717) is 23.1 Å². The van der Waals surface area contributed by atoms with E-state index in [0.717, 1.165) is 41.2 Å². The molecule has 3 heterocycles. The summed E-state index contributed by atoms with van der Waals surface area (Å²) < 4.78 is 18.4. The summed E-state index contributed by atoms with van der Waals surface area (Å²) in [5.74, 6) is 1.55. The highest BCUT2D eigenvalue weighted by atomic mass is 35.5.